The van der Waals surface area contributed by atoms with E-state index in [0.717, 1.165) is 10.5 Å². The van der Waals surface area contributed by atoms with E-state index in [0.29, 0.717) is 39.7 Å². The highest BCUT2D eigenvalue weighted by molar-refractivity contribution is 7.99. The van der Waals surface area contributed by atoms with Gasteiger partial charge in [-0.25, -0.2) is 4.98 Å². The van der Waals surface area contributed by atoms with Gasteiger partial charge in [0.05, 0.1) is 35.6 Å². The van der Waals surface area contributed by atoms with Crippen LogP contribution in [-0.2, 0) is 21.8 Å². The molecular formula is C20H20Cl5N3O2S. The van der Waals surface area contributed by atoms with Crippen molar-refractivity contribution in [3.05, 3.63) is 75.8 Å². The lowest BCUT2D eigenvalue weighted by Gasteiger charge is -2.30. The number of halogens is 5. The topological polar surface area (TPSA) is 62.3 Å². The van der Waals surface area contributed by atoms with Gasteiger partial charge in [0.15, 0.2) is 0 Å². The zero-order chi connectivity index (χ0) is 20.4. The largest absolute Gasteiger partial charge is 0.399 e. The molecule has 0 amide bonds. The van der Waals surface area contributed by atoms with Gasteiger partial charge in [0, 0.05) is 39.3 Å². The van der Waals surface area contributed by atoms with Crippen molar-refractivity contribution in [1.29, 1.82) is 0 Å². The van der Waals surface area contributed by atoms with E-state index in [-0.39, 0.29) is 30.9 Å². The summed E-state index contributed by atoms with van der Waals surface area (Å²) in [7, 11) is 0. The van der Waals surface area contributed by atoms with Crippen molar-refractivity contribution in [2.45, 2.75) is 23.3 Å². The molecular weight excluding hydrogens is 524 g/mol. The molecule has 1 saturated heterocycles. The minimum atomic E-state index is -1.03. The quantitative estimate of drug-likeness (QED) is 0.291. The number of thioether (sulfide) groups is 1. The minimum absolute atomic E-state index is 0. The lowest BCUT2D eigenvalue weighted by atomic mass is 10.1. The van der Waals surface area contributed by atoms with Gasteiger partial charge in [-0.05, 0) is 30.3 Å². The number of hydrogen-bond donors (Lipinski definition) is 1. The monoisotopic (exact) mass is 541 g/mol. The van der Waals surface area contributed by atoms with Crippen molar-refractivity contribution in [2.24, 2.45) is 0 Å². The Kier molecular flexibility index (Phi) is 9.67. The molecule has 5 nitrogen and oxygen atoms in total. The fraction of sp³-hybridized carbons (Fsp3) is 0.250. The maximum Gasteiger partial charge on any atom is 0.215 e. The van der Waals surface area contributed by atoms with E-state index in [4.69, 9.17) is 50.0 Å². The van der Waals surface area contributed by atoms with Gasteiger partial charge >= 0.3 is 0 Å². The molecule has 1 aromatic heterocycles. The molecule has 2 heterocycles. The first-order chi connectivity index (χ1) is 13.9. The number of ether oxygens (including phenoxy) is 2. The smallest absolute Gasteiger partial charge is 0.215 e. The van der Waals surface area contributed by atoms with E-state index < -0.39 is 5.79 Å². The summed E-state index contributed by atoms with van der Waals surface area (Å²) in [6.45, 7) is 0.839. The summed E-state index contributed by atoms with van der Waals surface area (Å²) < 4.78 is 14.5. The van der Waals surface area contributed by atoms with Crippen LogP contribution in [-0.4, -0.2) is 28.0 Å². The second-order valence-corrected chi connectivity index (χ2v) is 8.98. The third-order valence-electron chi connectivity index (χ3n) is 4.53. The Bertz CT molecular complexity index is 1010. The van der Waals surface area contributed by atoms with Gasteiger partial charge in [0.25, 0.3) is 0 Å². The van der Waals surface area contributed by atoms with Crippen molar-refractivity contribution < 1.29 is 9.47 Å². The highest BCUT2D eigenvalue weighted by atomic mass is 35.5. The van der Waals surface area contributed by atoms with Crippen LogP contribution >= 0.6 is 71.4 Å². The highest BCUT2D eigenvalue weighted by Crippen LogP contribution is 2.42. The highest BCUT2D eigenvalue weighted by Gasteiger charge is 2.45. The first kappa shape index (κ1) is 26.4. The summed E-state index contributed by atoms with van der Waals surface area (Å²) in [4.78, 5) is 5.05. The number of rotatable bonds is 6. The lowest BCUT2D eigenvalue weighted by molar-refractivity contribution is -0.184. The number of imidazole rings is 1. The molecule has 168 valence electrons. The van der Waals surface area contributed by atoms with Crippen LogP contribution in [0.1, 0.15) is 5.56 Å². The van der Waals surface area contributed by atoms with Crippen molar-refractivity contribution in [2.75, 3.05) is 18.1 Å². The van der Waals surface area contributed by atoms with Crippen LogP contribution in [0.15, 0.2) is 60.0 Å². The van der Waals surface area contributed by atoms with Crippen LogP contribution in [0.2, 0.25) is 15.1 Å². The number of nitrogens with zero attached hydrogens (tertiary/aromatic N) is 2. The summed E-state index contributed by atoms with van der Waals surface area (Å²) in [5.74, 6) is -0.362. The third-order valence-corrected chi connectivity index (χ3v) is 6.71. The summed E-state index contributed by atoms with van der Waals surface area (Å²) in [6.07, 6.45) is 5.13. The Hall–Kier alpha value is -0.830. The number of nitrogens with two attached hydrogens (primary N) is 1. The summed E-state index contributed by atoms with van der Waals surface area (Å²) in [5, 5.41) is 1.67. The number of nitrogen functional groups attached to an aromatic ring is 1. The molecule has 0 bridgehead atoms. The van der Waals surface area contributed by atoms with Gasteiger partial charge in [-0.1, -0.05) is 40.9 Å². The molecule has 11 heteroatoms. The average molecular weight is 544 g/mol. The van der Waals surface area contributed by atoms with Crippen LogP contribution in [0.5, 0.6) is 0 Å². The predicted octanol–water partition coefficient (Wildman–Crippen LogP) is 6.33. The molecule has 4 rings (SSSR count). The molecule has 0 radical (unpaired) electrons. The number of benzene rings is 2. The zero-order valence-corrected chi connectivity index (χ0v) is 20.8. The van der Waals surface area contributed by atoms with E-state index in [1.807, 2.05) is 29.0 Å². The molecule has 2 atom stereocenters. The first-order valence-corrected chi connectivity index (χ1v) is 11.0. The molecule has 0 aliphatic carbocycles. The SMILES string of the molecule is Cl.Cl.Nc1ccc(SCC2COC(Cn3ccnc3)(c3ccc(Cl)cc3Cl)O2)c(Cl)c1. The van der Waals surface area contributed by atoms with Gasteiger partial charge in [0.1, 0.15) is 0 Å². The van der Waals surface area contributed by atoms with Crippen molar-refractivity contribution in [3.63, 3.8) is 0 Å². The second kappa shape index (κ2) is 11.3. The van der Waals surface area contributed by atoms with E-state index in [9.17, 15) is 0 Å². The molecule has 0 spiro atoms. The molecule has 1 aliphatic rings. The van der Waals surface area contributed by atoms with Crippen LogP contribution in [0.4, 0.5) is 5.69 Å². The fourth-order valence-corrected chi connectivity index (χ4v) is 4.99. The Morgan fingerprint density at radius 3 is 2.61 bits per heavy atom. The summed E-state index contributed by atoms with van der Waals surface area (Å²) in [5.41, 5.74) is 7.13. The number of aromatic nitrogens is 2. The molecule has 2 unspecified atom stereocenters. The Balaban J connectivity index is 0.00000171. The maximum atomic E-state index is 6.49. The number of hydrogen-bond acceptors (Lipinski definition) is 5. The Labute approximate surface area is 212 Å². The second-order valence-electron chi connectivity index (χ2n) is 6.66. The zero-order valence-electron chi connectivity index (χ0n) is 16.0. The van der Waals surface area contributed by atoms with Gasteiger partial charge < -0.3 is 19.8 Å². The van der Waals surface area contributed by atoms with E-state index in [1.54, 1.807) is 42.5 Å². The Morgan fingerprint density at radius 2 is 1.94 bits per heavy atom. The molecule has 0 saturated carbocycles. The molecule has 1 fully saturated rings. The minimum Gasteiger partial charge on any atom is -0.399 e. The van der Waals surface area contributed by atoms with Crippen LogP contribution in [0.25, 0.3) is 0 Å². The standard InChI is InChI=1S/C20H18Cl3N3O2S.2ClH/c21-13-1-3-16(17(22)7-13)20(11-26-6-5-25-12-26)27-9-15(28-20)10-29-19-4-2-14(24)8-18(19)23;;/h1-8,12,15H,9-11,24H2;2*1H. The lowest BCUT2D eigenvalue weighted by Crippen LogP contribution is -2.34. The Morgan fingerprint density at radius 1 is 1.13 bits per heavy atom. The van der Waals surface area contributed by atoms with E-state index >= 15 is 0 Å². The van der Waals surface area contributed by atoms with E-state index in [2.05, 4.69) is 4.98 Å². The normalized spacial score (nSPS) is 20.2. The van der Waals surface area contributed by atoms with Crippen LogP contribution < -0.4 is 5.73 Å². The summed E-state index contributed by atoms with van der Waals surface area (Å²) in [6, 6.07) is 10.8. The van der Waals surface area contributed by atoms with Gasteiger partial charge in [-0.2, -0.15) is 0 Å². The molecule has 1 aliphatic heterocycles. The van der Waals surface area contributed by atoms with E-state index in [1.165, 1.54) is 0 Å². The van der Waals surface area contributed by atoms with Gasteiger partial charge in [-0.3, -0.25) is 0 Å². The van der Waals surface area contributed by atoms with Gasteiger partial charge in [0.2, 0.25) is 5.79 Å². The van der Waals surface area contributed by atoms with Crippen LogP contribution in [0, 0.1) is 0 Å². The molecule has 3 aromatic rings. The maximum absolute atomic E-state index is 6.49. The fourth-order valence-electron chi connectivity index (χ4n) is 3.19. The van der Waals surface area contributed by atoms with Crippen molar-refractivity contribution in [3.8, 4) is 0 Å². The molecule has 31 heavy (non-hydrogen) atoms. The van der Waals surface area contributed by atoms with Crippen LogP contribution in [0.3, 0.4) is 0 Å². The average Bonchev–Trinajstić information content (AvgIpc) is 3.32. The molecule has 2 aromatic carbocycles. The third kappa shape index (κ3) is 6.15. The van der Waals surface area contributed by atoms with Crippen molar-refractivity contribution in [1.82, 2.24) is 9.55 Å². The number of anilines is 1. The predicted molar refractivity (Wildman–Crippen MR) is 132 cm³/mol. The van der Waals surface area contributed by atoms with Crippen molar-refractivity contribution >= 4 is 77.1 Å². The summed E-state index contributed by atoms with van der Waals surface area (Å²) >= 11 is 20.5. The first-order valence-electron chi connectivity index (χ1n) is 8.86. The van der Waals surface area contributed by atoms with Gasteiger partial charge in [-0.15, -0.1) is 36.6 Å². The molecule has 2 N–H and O–H groups in total.